The van der Waals surface area contributed by atoms with E-state index in [9.17, 15) is 9.59 Å². The second-order valence-corrected chi connectivity index (χ2v) is 7.26. The monoisotopic (exact) mass is 394 g/mol. The number of ether oxygens (including phenoxy) is 2. The number of hydrogen-bond acceptors (Lipinski definition) is 5. The molecular formula is C18H19ClN2O4S. The van der Waals surface area contributed by atoms with Gasteiger partial charge in [-0.2, -0.15) is 4.99 Å². The number of halogens is 1. The molecule has 1 aliphatic heterocycles. The first-order chi connectivity index (χ1) is 12.5. The van der Waals surface area contributed by atoms with Crippen LogP contribution in [0.4, 0.5) is 0 Å². The van der Waals surface area contributed by atoms with Crippen molar-refractivity contribution >= 4 is 34.6 Å². The number of fused-ring (bicyclic) bond motifs is 1. The van der Waals surface area contributed by atoms with Crippen LogP contribution in [0.25, 0.3) is 0 Å². The maximum atomic E-state index is 12.7. The average Bonchev–Trinajstić information content (AvgIpc) is 2.98. The summed E-state index contributed by atoms with van der Waals surface area (Å²) in [5.41, 5.74) is 1.08. The summed E-state index contributed by atoms with van der Waals surface area (Å²) in [6.45, 7) is 3.18. The van der Waals surface area contributed by atoms with Gasteiger partial charge in [0.1, 0.15) is 12.4 Å². The highest BCUT2D eigenvalue weighted by Gasteiger charge is 2.24. The van der Waals surface area contributed by atoms with Crippen LogP contribution in [0.15, 0.2) is 23.2 Å². The number of methoxy groups -OCH3 is 1. The minimum atomic E-state index is -0.457. The van der Waals surface area contributed by atoms with Crippen molar-refractivity contribution in [3.05, 3.63) is 44.2 Å². The maximum absolute atomic E-state index is 12.7. The van der Waals surface area contributed by atoms with E-state index in [0.717, 1.165) is 18.5 Å². The number of benzene rings is 1. The minimum absolute atomic E-state index is 0.0663. The Morgan fingerprint density at radius 2 is 2.23 bits per heavy atom. The highest BCUT2D eigenvalue weighted by atomic mass is 35.5. The summed E-state index contributed by atoms with van der Waals surface area (Å²) in [6, 6.07) is 4.82. The zero-order valence-corrected chi connectivity index (χ0v) is 16.2. The number of carbonyl (C=O) groups is 2. The van der Waals surface area contributed by atoms with Gasteiger partial charge in [0, 0.05) is 11.6 Å². The predicted molar refractivity (Wildman–Crippen MR) is 99.1 cm³/mol. The maximum Gasteiger partial charge on any atom is 0.283 e. The van der Waals surface area contributed by atoms with Crippen LogP contribution in [0.5, 0.6) is 5.75 Å². The number of ketones is 1. The van der Waals surface area contributed by atoms with Crippen LogP contribution in [0.1, 0.15) is 45.5 Å². The molecule has 0 spiro atoms. The van der Waals surface area contributed by atoms with E-state index in [-0.39, 0.29) is 18.0 Å². The molecule has 3 rings (SSSR count). The van der Waals surface area contributed by atoms with E-state index in [1.54, 1.807) is 12.1 Å². The summed E-state index contributed by atoms with van der Waals surface area (Å²) in [5, 5.41) is 0.428. The Balaban J connectivity index is 2.09. The Labute approximate surface area is 160 Å². The van der Waals surface area contributed by atoms with Crippen molar-refractivity contribution in [3.63, 3.8) is 0 Å². The summed E-state index contributed by atoms with van der Waals surface area (Å²) in [7, 11) is 1.49. The van der Waals surface area contributed by atoms with Gasteiger partial charge in [-0.25, -0.2) is 0 Å². The smallest absolute Gasteiger partial charge is 0.283 e. The highest BCUT2D eigenvalue weighted by molar-refractivity contribution is 7.11. The van der Waals surface area contributed by atoms with E-state index in [1.165, 1.54) is 24.5 Å². The molecule has 0 radical (unpaired) electrons. The van der Waals surface area contributed by atoms with Gasteiger partial charge in [-0.15, -0.1) is 0 Å². The molecule has 0 unspecified atom stereocenters. The number of nitrogens with zero attached hydrogens (tertiary/aromatic N) is 2. The van der Waals surface area contributed by atoms with Gasteiger partial charge in [0.05, 0.1) is 29.9 Å². The van der Waals surface area contributed by atoms with Crippen molar-refractivity contribution in [2.24, 2.45) is 4.99 Å². The molecule has 1 amide bonds. The number of aromatic nitrogens is 1. The lowest BCUT2D eigenvalue weighted by atomic mass is 10.2. The zero-order chi connectivity index (χ0) is 18.7. The van der Waals surface area contributed by atoms with E-state index in [2.05, 4.69) is 11.9 Å². The molecule has 2 aromatic rings. The van der Waals surface area contributed by atoms with Crippen LogP contribution < -0.4 is 9.54 Å². The number of amides is 1. The molecule has 6 nitrogen and oxygen atoms in total. The Bertz CT molecular complexity index is 916. The van der Waals surface area contributed by atoms with Crippen molar-refractivity contribution in [2.45, 2.75) is 32.9 Å². The van der Waals surface area contributed by atoms with Gasteiger partial charge < -0.3 is 14.0 Å². The third kappa shape index (κ3) is 3.75. The van der Waals surface area contributed by atoms with Gasteiger partial charge in [0.2, 0.25) is 0 Å². The van der Waals surface area contributed by atoms with Gasteiger partial charge in [0.25, 0.3) is 5.91 Å². The molecular weight excluding hydrogens is 376 g/mol. The molecule has 1 aliphatic rings. The summed E-state index contributed by atoms with van der Waals surface area (Å²) in [4.78, 5) is 30.3. The Morgan fingerprint density at radius 3 is 2.96 bits per heavy atom. The van der Waals surface area contributed by atoms with Gasteiger partial charge in [0.15, 0.2) is 10.6 Å². The first kappa shape index (κ1) is 18.8. The lowest BCUT2D eigenvalue weighted by Gasteiger charge is -2.14. The number of rotatable bonds is 5. The molecule has 0 N–H and O–H groups in total. The van der Waals surface area contributed by atoms with Gasteiger partial charge in [-0.05, 0) is 24.6 Å². The fourth-order valence-electron chi connectivity index (χ4n) is 2.74. The molecule has 0 saturated heterocycles. The number of unbranched alkanes of at least 4 members (excludes halogenated alkanes) is 1. The lowest BCUT2D eigenvalue weighted by molar-refractivity contribution is 0.0653. The fraction of sp³-hybridized carbons (Fsp3) is 0.389. The molecule has 1 aromatic carbocycles. The quantitative estimate of drug-likeness (QED) is 0.778. The minimum Gasteiger partial charge on any atom is -0.496 e. The van der Waals surface area contributed by atoms with Crippen molar-refractivity contribution in [3.8, 4) is 5.75 Å². The van der Waals surface area contributed by atoms with E-state index in [1.807, 2.05) is 4.57 Å². The second kappa shape index (κ2) is 8.16. The van der Waals surface area contributed by atoms with Crippen molar-refractivity contribution in [1.29, 1.82) is 0 Å². The number of thiazole rings is 1. The third-order valence-corrected chi connectivity index (χ3v) is 5.46. The normalized spacial score (nSPS) is 14.4. The molecule has 0 saturated carbocycles. The van der Waals surface area contributed by atoms with Crippen molar-refractivity contribution in [1.82, 2.24) is 4.57 Å². The second-order valence-electron chi connectivity index (χ2n) is 5.84. The fourth-order valence-corrected chi connectivity index (χ4v) is 3.99. The number of Topliss-reactive ketones (excluding diaryl/α,β-unsaturated/α-hetero) is 1. The first-order valence-corrected chi connectivity index (χ1v) is 9.50. The van der Waals surface area contributed by atoms with Crippen LogP contribution in [-0.2, 0) is 17.9 Å². The molecule has 2 heterocycles. The molecule has 138 valence electrons. The van der Waals surface area contributed by atoms with Crippen molar-refractivity contribution < 1.29 is 19.1 Å². The zero-order valence-electron chi connectivity index (χ0n) is 14.6. The lowest BCUT2D eigenvalue weighted by Crippen LogP contribution is -2.23. The summed E-state index contributed by atoms with van der Waals surface area (Å²) < 4.78 is 12.5. The van der Waals surface area contributed by atoms with Gasteiger partial charge in [-0.1, -0.05) is 36.3 Å². The Morgan fingerprint density at radius 1 is 1.42 bits per heavy atom. The van der Waals surface area contributed by atoms with Crippen molar-refractivity contribution in [2.75, 3.05) is 13.7 Å². The van der Waals surface area contributed by atoms with Gasteiger partial charge >= 0.3 is 0 Å². The summed E-state index contributed by atoms with van der Waals surface area (Å²) in [6.07, 6.45) is 1.90. The van der Waals surface area contributed by atoms with E-state index >= 15 is 0 Å². The average molecular weight is 395 g/mol. The molecule has 0 atom stereocenters. The largest absolute Gasteiger partial charge is 0.496 e. The van der Waals surface area contributed by atoms with Crippen LogP contribution >= 0.6 is 22.9 Å². The number of carbonyl (C=O) groups excluding carboxylic acids is 2. The third-order valence-electron chi connectivity index (χ3n) is 4.06. The predicted octanol–water partition coefficient (Wildman–Crippen LogP) is 3.47. The summed E-state index contributed by atoms with van der Waals surface area (Å²) in [5.74, 6) is -0.124. The first-order valence-electron chi connectivity index (χ1n) is 8.31. The molecule has 0 bridgehead atoms. The SMILES string of the molecule is CCCCn1c2c(sc1=NC(=O)c1cc(Cl)ccc1OC)C(=O)COC2. The Hall–Kier alpha value is -1.96. The van der Waals surface area contributed by atoms with Crippen LogP contribution in [0.2, 0.25) is 5.02 Å². The molecule has 26 heavy (non-hydrogen) atoms. The molecule has 0 fully saturated rings. The highest BCUT2D eigenvalue weighted by Crippen LogP contribution is 2.24. The standard InChI is InChI=1S/C18H19ClN2O4S/c1-3-4-7-21-13-9-25-10-14(22)16(13)26-18(21)20-17(23)12-8-11(19)5-6-15(12)24-2/h5-6,8H,3-4,7,9-10H2,1-2H3. The van der Waals surface area contributed by atoms with Gasteiger partial charge in [-0.3, -0.25) is 9.59 Å². The van der Waals surface area contributed by atoms with E-state index < -0.39 is 5.91 Å². The molecule has 1 aromatic heterocycles. The molecule has 8 heteroatoms. The number of hydrogen-bond donors (Lipinski definition) is 0. The topological polar surface area (TPSA) is 69.9 Å². The van der Waals surface area contributed by atoms with E-state index in [0.29, 0.717) is 33.6 Å². The Kier molecular flexibility index (Phi) is 5.90. The van der Waals surface area contributed by atoms with Crippen LogP contribution in [-0.4, -0.2) is 30.0 Å². The van der Waals surface area contributed by atoms with Crippen LogP contribution in [0.3, 0.4) is 0 Å². The molecule has 0 aliphatic carbocycles. The van der Waals surface area contributed by atoms with E-state index in [4.69, 9.17) is 21.1 Å². The summed E-state index contributed by atoms with van der Waals surface area (Å²) >= 11 is 7.24. The van der Waals surface area contributed by atoms with Crippen LogP contribution in [0, 0.1) is 0 Å².